The van der Waals surface area contributed by atoms with Gasteiger partial charge in [-0.1, -0.05) is 76.1 Å². The molecule has 0 aliphatic heterocycles. The molecule has 1 heteroatoms. The van der Waals surface area contributed by atoms with Crippen molar-refractivity contribution in [2.75, 3.05) is 6.61 Å². The first-order valence-corrected chi connectivity index (χ1v) is 8.49. The molecule has 0 saturated heterocycles. The van der Waals surface area contributed by atoms with Crippen molar-refractivity contribution in [1.82, 2.24) is 0 Å². The second-order valence-electron chi connectivity index (χ2n) is 6.55. The molecule has 1 N–H and O–H groups in total. The van der Waals surface area contributed by atoms with Gasteiger partial charge in [0, 0.05) is 6.61 Å². The maximum atomic E-state index is 8.94. The molecule has 1 unspecified atom stereocenters. The van der Waals surface area contributed by atoms with Crippen LogP contribution in [0.5, 0.6) is 0 Å². The van der Waals surface area contributed by atoms with E-state index in [0.717, 1.165) is 12.3 Å². The van der Waals surface area contributed by atoms with Crippen molar-refractivity contribution in [3.8, 4) is 0 Å². The Morgan fingerprint density at radius 1 is 1.10 bits per heavy atom. The minimum absolute atomic E-state index is 0.246. The summed E-state index contributed by atoms with van der Waals surface area (Å²) in [5.41, 5.74) is 2.70. The van der Waals surface area contributed by atoms with Gasteiger partial charge < -0.3 is 5.11 Å². The van der Waals surface area contributed by atoms with Crippen LogP contribution in [0.4, 0.5) is 0 Å². The molecule has 1 aromatic rings. The van der Waals surface area contributed by atoms with E-state index in [4.69, 9.17) is 5.11 Å². The van der Waals surface area contributed by atoms with E-state index in [9.17, 15) is 0 Å². The molecule has 1 atom stereocenters. The second-order valence-corrected chi connectivity index (χ2v) is 6.55. The van der Waals surface area contributed by atoms with E-state index in [1.807, 2.05) is 0 Å². The average Bonchev–Trinajstić information content (AvgIpc) is 2.49. The molecule has 0 aromatic heterocycles. The number of hydrogen-bond acceptors (Lipinski definition) is 1. The van der Waals surface area contributed by atoms with Crippen LogP contribution < -0.4 is 0 Å². The summed E-state index contributed by atoms with van der Waals surface area (Å²) in [5, 5.41) is 8.94. The Morgan fingerprint density at radius 2 is 1.80 bits per heavy atom. The van der Waals surface area contributed by atoms with Gasteiger partial charge in [0.1, 0.15) is 0 Å². The topological polar surface area (TPSA) is 20.2 Å². The average molecular weight is 274 g/mol. The number of hydrogen-bond donors (Lipinski definition) is 1. The summed E-state index contributed by atoms with van der Waals surface area (Å²) in [6, 6.07) is 8.83. The lowest BCUT2D eigenvalue weighted by Gasteiger charge is -2.22. The molecule has 1 aliphatic carbocycles. The minimum atomic E-state index is 0.246. The molecule has 0 heterocycles. The monoisotopic (exact) mass is 274 g/mol. The molecule has 0 amide bonds. The zero-order valence-corrected chi connectivity index (χ0v) is 13.0. The van der Waals surface area contributed by atoms with Gasteiger partial charge in [0.15, 0.2) is 0 Å². The highest BCUT2D eigenvalue weighted by Crippen LogP contribution is 2.30. The zero-order valence-electron chi connectivity index (χ0n) is 13.0. The van der Waals surface area contributed by atoms with Crippen LogP contribution in [0.3, 0.4) is 0 Å². The second kappa shape index (κ2) is 8.46. The summed E-state index contributed by atoms with van der Waals surface area (Å²) in [6.45, 7) is 2.60. The summed E-state index contributed by atoms with van der Waals surface area (Å²) >= 11 is 0. The molecule has 1 aromatic carbocycles. The van der Waals surface area contributed by atoms with Crippen LogP contribution in [0.25, 0.3) is 0 Å². The van der Waals surface area contributed by atoms with Crippen LogP contribution in [0.2, 0.25) is 0 Å². The van der Waals surface area contributed by atoms with Crippen LogP contribution in [0.1, 0.15) is 75.3 Å². The van der Waals surface area contributed by atoms with Gasteiger partial charge in [-0.25, -0.2) is 0 Å². The highest BCUT2D eigenvalue weighted by Gasteiger charge is 2.13. The Labute approximate surface area is 124 Å². The van der Waals surface area contributed by atoms with Crippen molar-refractivity contribution in [3.63, 3.8) is 0 Å². The number of aliphatic hydroxyl groups excluding tert-OH is 1. The first-order valence-electron chi connectivity index (χ1n) is 8.49. The van der Waals surface area contributed by atoms with Gasteiger partial charge in [0.05, 0.1) is 0 Å². The lowest BCUT2D eigenvalue weighted by molar-refractivity contribution is 0.299. The molecular weight excluding hydrogens is 244 g/mol. The van der Waals surface area contributed by atoms with E-state index in [-0.39, 0.29) is 6.61 Å². The summed E-state index contributed by atoms with van der Waals surface area (Å²) in [5.74, 6) is 1.68. The van der Waals surface area contributed by atoms with Crippen molar-refractivity contribution in [2.24, 2.45) is 5.92 Å². The SMILES string of the molecule is CC(CCCC1CCCCC1)c1ccc(CCO)cc1. The first kappa shape index (κ1) is 15.6. The Hall–Kier alpha value is -0.820. The molecule has 20 heavy (non-hydrogen) atoms. The Bertz CT molecular complexity index is 362. The lowest BCUT2D eigenvalue weighted by atomic mass is 9.84. The van der Waals surface area contributed by atoms with E-state index in [1.54, 1.807) is 0 Å². The Balaban J connectivity index is 1.71. The minimum Gasteiger partial charge on any atom is -0.396 e. The lowest BCUT2D eigenvalue weighted by Crippen LogP contribution is -2.06. The van der Waals surface area contributed by atoms with Crippen LogP contribution in [-0.2, 0) is 6.42 Å². The van der Waals surface area contributed by atoms with Crippen LogP contribution in [0, 0.1) is 5.92 Å². The van der Waals surface area contributed by atoms with Crippen molar-refractivity contribution >= 4 is 0 Å². The fraction of sp³-hybridized carbons (Fsp3) is 0.684. The van der Waals surface area contributed by atoms with Gasteiger partial charge in [0.25, 0.3) is 0 Å². The molecular formula is C19H30O. The maximum Gasteiger partial charge on any atom is 0.0471 e. The van der Waals surface area contributed by atoms with E-state index in [2.05, 4.69) is 31.2 Å². The van der Waals surface area contributed by atoms with Gasteiger partial charge in [0.2, 0.25) is 0 Å². The normalized spacial score (nSPS) is 18.1. The Kier molecular flexibility index (Phi) is 6.59. The van der Waals surface area contributed by atoms with E-state index in [0.29, 0.717) is 5.92 Å². The van der Waals surface area contributed by atoms with Crippen molar-refractivity contribution < 1.29 is 5.11 Å². The number of aliphatic hydroxyl groups is 1. The fourth-order valence-corrected chi connectivity index (χ4v) is 3.50. The quantitative estimate of drug-likeness (QED) is 0.735. The summed E-state index contributed by atoms with van der Waals surface area (Å²) in [6.07, 6.45) is 12.3. The fourth-order valence-electron chi connectivity index (χ4n) is 3.50. The molecule has 2 rings (SSSR count). The smallest absolute Gasteiger partial charge is 0.0471 e. The third-order valence-corrected chi connectivity index (χ3v) is 4.92. The first-order chi connectivity index (χ1) is 9.79. The number of rotatable bonds is 7. The Morgan fingerprint density at radius 3 is 2.45 bits per heavy atom. The molecule has 112 valence electrons. The van der Waals surface area contributed by atoms with Gasteiger partial charge in [-0.05, 0) is 35.8 Å². The zero-order chi connectivity index (χ0) is 14.2. The maximum absolute atomic E-state index is 8.94. The standard InChI is InChI=1S/C19H30O/c1-16(6-5-9-17-7-3-2-4-8-17)19-12-10-18(11-13-19)14-15-20/h10-13,16-17,20H,2-9,14-15H2,1H3. The largest absolute Gasteiger partial charge is 0.396 e. The predicted octanol–water partition coefficient (Wildman–Crippen LogP) is 5.08. The molecule has 1 fully saturated rings. The summed E-state index contributed by atoms with van der Waals surface area (Å²) in [7, 11) is 0. The van der Waals surface area contributed by atoms with Gasteiger partial charge in [-0.3, -0.25) is 0 Å². The number of benzene rings is 1. The van der Waals surface area contributed by atoms with Gasteiger partial charge in [-0.15, -0.1) is 0 Å². The van der Waals surface area contributed by atoms with Crippen molar-refractivity contribution in [3.05, 3.63) is 35.4 Å². The van der Waals surface area contributed by atoms with Crippen molar-refractivity contribution in [2.45, 2.75) is 70.6 Å². The molecule has 0 radical (unpaired) electrons. The highest BCUT2D eigenvalue weighted by molar-refractivity contribution is 5.25. The molecule has 0 spiro atoms. The summed E-state index contributed by atoms with van der Waals surface area (Å²) in [4.78, 5) is 0. The van der Waals surface area contributed by atoms with Crippen LogP contribution >= 0.6 is 0 Å². The molecule has 0 bridgehead atoms. The van der Waals surface area contributed by atoms with Crippen LogP contribution in [0.15, 0.2) is 24.3 Å². The molecule has 1 saturated carbocycles. The van der Waals surface area contributed by atoms with Crippen molar-refractivity contribution in [1.29, 1.82) is 0 Å². The molecule has 1 aliphatic rings. The van der Waals surface area contributed by atoms with Gasteiger partial charge >= 0.3 is 0 Å². The van der Waals surface area contributed by atoms with Crippen LogP contribution in [-0.4, -0.2) is 11.7 Å². The predicted molar refractivity (Wildman–Crippen MR) is 86.1 cm³/mol. The molecule has 1 nitrogen and oxygen atoms in total. The highest BCUT2D eigenvalue weighted by atomic mass is 16.2. The van der Waals surface area contributed by atoms with Gasteiger partial charge in [-0.2, -0.15) is 0 Å². The summed E-state index contributed by atoms with van der Waals surface area (Å²) < 4.78 is 0. The van der Waals surface area contributed by atoms with E-state index >= 15 is 0 Å². The van der Waals surface area contributed by atoms with E-state index < -0.39 is 0 Å². The third kappa shape index (κ3) is 4.94. The van der Waals surface area contributed by atoms with E-state index in [1.165, 1.54) is 62.5 Å². The third-order valence-electron chi connectivity index (χ3n) is 4.92.